The van der Waals surface area contributed by atoms with Gasteiger partial charge >= 0.3 is 0 Å². The molecule has 0 bridgehead atoms. The molecule has 0 atom stereocenters. The highest BCUT2D eigenvalue weighted by atomic mass is 35.5. The zero-order chi connectivity index (χ0) is 16.6. The molecule has 1 N–H and O–H groups in total. The fourth-order valence-corrected chi connectivity index (χ4v) is 3.30. The van der Waals surface area contributed by atoms with Crippen molar-refractivity contribution in [1.29, 1.82) is 0 Å². The third kappa shape index (κ3) is 3.22. The average molecular weight is 337 g/mol. The number of amides is 1. The summed E-state index contributed by atoms with van der Waals surface area (Å²) in [5, 5.41) is 3.94. The summed E-state index contributed by atoms with van der Waals surface area (Å²) in [5.74, 6) is 0.208. The maximum absolute atomic E-state index is 14.0. The van der Waals surface area contributed by atoms with Gasteiger partial charge in [0.05, 0.1) is 0 Å². The van der Waals surface area contributed by atoms with E-state index < -0.39 is 5.82 Å². The Morgan fingerprint density at radius 2 is 2.04 bits per heavy atom. The van der Waals surface area contributed by atoms with Gasteiger partial charge in [-0.05, 0) is 31.9 Å². The summed E-state index contributed by atoms with van der Waals surface area (Å²) in [5.41, 5.74) is 0.0586. The summed E-state index contributed by atoms with van der Waals surface area (Å²) in [6.45, 7) is 5.01. The summed E-state index contributed by atoms with van der Waals surface area (Å²) in [6.07, 6.45) is 2.96. The molecule has 0 spiro atoms. The van der Waals surface area contributed by atoms with Crippen molar-refractivity contribution in [3.8, 4) is 0 Å². The summed E-state index contributed by atoms with van der Waals surface area (Å²) in [6, 6.07) is 2.95. The van der Waals surface area contributed by atoms with Gasteiger partial charge in [0.25, 0.3) is 0 Å². The molecule has 0 radical (unpaired) electrons. The highest BCUT2D eigenvalue weighted by Crippen LogP contribution is 2.31. The van der Waals surface area contributed by atoms with E-state index in [1.54, 1.807) is 6.07 Å². The molecule has 5 nitrogen and oxygen atoms in total. The zero-order valence-corrected chi connectivity index (χ0v) is 13.8. The number of halogens is 2. The van der Waals surface area contributed by atoms with Gasteiger partial charge in [0.1, 0.15) is 17.7 Å². The first-order valence-electron chi connectivity index (χ1n) is 7.51. The van der Waals surface area contributed by atoms with Gasteiger partial charge in [-0.15, -0.1) is 0 Å². The van der Waals surface area contributed by atoms with Crippen molar-refractivity contribution in [3.63, 3.8) is 0 Å². The molecule has 0 saturated carbocycles. The van der Waals surface area contributed by atoms with Crippen LogP contribution in [0.3, 0.4) is 0 Å². The van der Waals surface area contributed by atoms with Crippen LogP contribution in [-0.4, -0.2) is 34.5 Å². The molecule has 1 aromatic carbocycles. The minimum absolute atomic E-state index is 0.0257. The molecule has 0 unspecified atom stereocenters. The number of fused-ring (bicyclic) bond motifs is 1. The van der Waals surface area contributed by atoms with Gasteiger partial charge < -0.3 is 10.2 Å². The number of carbonyl (C=O) groups is 1. The molecule has 0 aliphatic carbocycles. The third-order valence-corrected chi connectivity index (χ3v) is 4.50. The van der Waals surface area contributed by atoms with Crippen molar-refractivity contribution in [2.45, 2.75) is 32.2 Å². The van der Waals surface area contributed by atoms with Crippen LogP contribution in [0.15, 0.2) is 18.5 Å². The van der Waals surface area contributed by atoms with E-state index in [9.17, 15) is 9.18 Å². The number of carbonyl (C=O) groups excluding carboxylic acids is 1. The van der Waals surface area contributed by atoms with Crippen LogP contribution in [0.4, 0.5) is 10.2 Å². The van der Waals surface area contributed by atoms with Gasteiger partial charge in [0.2, 0.25) is 5.91 Å². The Labute approximate surface area is 138 Å². The maximum Gasteiger partial charge on any atom is 0.217 e. The van der Waals surface area contributed by atoms with Crippen LogP contribution in [0.2, 0.25) is 5.02 Å². The lowest BCUT2D eigenvalue weighted by molar-refractivity contribution is -0.120. The van der Waals surface area contributed by atoms with Gasteiger partial charge in [-0.1, -0.05) is 11.6 Å². The van der Waals surface area contributed by atoms with E-state index in [0.717, 1.165) is 25.9 Å². The Hall–Kier alpha value is -1.95. The molecular formula is C16H18ClFN4O. The topological polar surface area (TPSA) is 58.1 Å². The predicted octanol–water partition coefficient (Wildman–Crippen LogP) is 2.92. The van der Waals surface area contributed by atoms with E-state index in [1.807, 2.05) is 6.92 Å². The number of nitrogens with one attached hydrogen (secondary N) is 1. The summed E-state index contributed by atoms with van der Waals surface area (Å²) in [4.78, 5) is 21.7. The molecule has 122 valence electrons. The normalized spacial score (nSPS) is 17.3. The first kappa shape index (κ1) is 15.9. The van der Waals surface area contributed by atoms with Crippen LogP contribution in [0.25, 0.3) is 10.9 Å². The van der Waals surface area contributed by atoms with Gasteiger partial charge in [-0.25, -0.2) is 14.4 Å². The first-order valence-corrected chi connectivity index (χ1v) is 7.89. The number of piperidine rings is 1. The maximum atomic E-state index is 14.0. The molecule has 7 heteroatoms. The third-order valence-electron chi connectivity index (χ3n) is 4.28. The van der Waals surface area contributed by atoms with E-state index in [0.29, 0.717) is 16.2 Å². The second-order valence-electron chi connectivity index (χ2n) is 6.21. The molecule has 1 amide bonds. The van der Waals surface area contributed by atoms with E-state index in [2.05, 4.69) is 20.2 Å². The van der Waals surface area contributed by atoms with E-state index in [-0.39, 0.29) is 17.0 Å². The molecule has 1 aliphatic heterocycles. The molecule has 1 saturated heterocycles. The molecule has 2 aromatic rings. The lowest BCUT2D eigenvalue weighted by atomic mass is 9.89. The van der Waals surface area contributed by atoms with Crippen LogP contribution in [0.1, 0.15) is 26.7 Å². The second kappa shape index (κ2) is 5.92. The fourth-order valence-electron chi connectivity index (χ4n) is 3.09. The lowest BCUT2D eigenvalue weighted by Crippen LogP contribution is -2.53. The van der Waals surface area contributed by atoms with Crippen molar-refractivity contribution in [3.05, 3.63) is 29.3 Å². The quantitative estimate of drug-likeness (QED) is 0.916. The van der Waals surface area contributed by atoms with Crippen molar-refractivity contribution < 1.29 is 9.18 Å². The van der Waals surface area contributed by atoms with Crippen molar-refractivity contribution in [2.24, 2.45) is 0 Å². The summed E-state index contributed by atoms with van der Waals surface area (Å²) < 4.78 is 14.0. The van der Waals surface area contributed by atoms with Crippen LogP contribution in [0, 0.1) is 5.82 Å². The Kier molecular flexibility index (Phi) is 4.10. The number of hydrogen-bond donors (Lipinski definition) is 1. The standard InChI is InChI=1S/C16H18ClFN4O/c1-10(23)21-16(2)3-5-22(6-4-16)15-12-7-11(17)8-13(18)14(12)19-9-20-15/h7-9H,3-6H2,1-2H3,(H,21,23). The fraction of sp³-hybridized carbons (Fsp3) is 0.438. The minimum Gasteiger partial charge on any atom is -0.356 e. The van der Waals surface area contributed by atoms with Crippen LogP contribution >= 0.6 is 11.6 Å². The van der Waals surface area contributed by atoms with Crippen molar-refractivity contribution in [2.75, 3.05) is 18.0 Å². The smallest absolute Gasteiger partial charge is 0.217 e. The molecular weight excluding hydrogens is 319 g/mol. The van der Waals surface area contributed by atoms with Gasteiger partial charge in [-0.2, -0.15) is 0 Å². The number of hydrogen-bond acceptors (Lipinski definition) is 4. The van der Waals surface area contributed by atoms with Gasteiger partial charge in [0, 0.05) is 36.0 Å². The largest absolute Gasteiger partial charge is 0.356 e. The van der Waals surface area contributed by atoms with E-state index in [4.69, 9.17) is 11.6 Å². The SMILES string of the molecule is CC(=O)NC1(C)CCN(c2ncnc3c(F)cc(Cl)cc23)CC1. The van der Waals surface area contributed by atoms with Crippen molar-refractivity contribution in [1.82, 2.24) is 15.3 Å². The van der Waals surface area contributed by atoms with E-state index in [1.165, 1.54) is 19.3 Å². The monoisotopic (exact) mass is 336 g/mol. The Morgan fingerprint density at radius 3 is 2.70 bits per heavy atom. The molecule has 2 heterocycles. The Morgan fingerprint density at radius 1 is 1.35 bits per heavy atom. The van der Waals surface area contributed by atoms with Gasteiger partial charge in [-0.3, -0.25) is 4.79 Å². The predicted molar refractivity (Wildman–Crippen MR) is 88.2 cm³/mol. The van der Waals surface area contributed by atoms with Crippen LogP contribution < -0.4 is 10.2 Å². The minimum atomic E-state index is -0.448. The molecule has 23 heavy (non-hydrogen) atoms. The van der Waals surface area contributed by atoms with Crippen molar-refractivity contribution >= 4 is 34.2 Å². The van der Waals surface area contributed by atoms with E-state index >= 15 is 0 Å². The first-order chi connectivity index (χ1) is 10.9. The highest BCUT2D eigenvalue weighted by molar-refractivity contribution is 6.31. The average Bonchev–Trinajstić information content (AvgIpc) is 2.46. The highest BCUT2D eigenvalue weighted by Gasteiger charge is 2.31. The van der Waals surface area contributed by atoms with Gasteiger partial charge in [0.15, 0.2) is 5.82 Å². The Bertz CT molecular complexity index is 759. The second-order valence-corrected chi connectivity index (χ2v) is 6.65. The molecule has 1 fully saturated rings. The number of rotatable bonds is 2. The number of benzene rings is 1. The lowest BCUT2D eigenvalue weighted by Gasteiger charge is -2.40. The number of nitrogens with zero attached hydrogens (tertiary/aromatic N) is 3. The molecule has 1 aromatic heterocycles. The molecule has 1 aliphatic rings. The number of anilines is 1. The Balaban J connectivity index is 1.89. The van der Waals surface area contributed by atoms with Crippen LogP contribution in [0.5, 0.6) is 0 Å². The zero-order valence-electron chi connectivity index (χ0n) is 13.1. The summed E-state index contributed by atoms with van der Waals surface area (Å²) >= 11 is 5.98. The molecule has 3 rings (SSSR count). The summed E-state index contributed by atoms with van der Waals surface area (Å²) in [7, 11) is 0. The number of aromatic nitrogens is 2. The van der Waals surface area contributed by atoms with Crippen LogP contribution in [-0.2, 0) is 4.79 Å².